The fourth-order valence-electron chi connectivity index (χ4n) is 3.51. The molecule has 0 saturated heterocycles. The van der Waals surface area contributed by atoms with Gasteiger partial charge in [0.25, 0.3) is 0 Å². The van der Waals surface area contributed by atoms with Gasteiger partial charge in [0.2, 0.25) is 0 Å². The summed E-state index contributed by atoms with van der Waals surface area (Å²) in [5, 5.41) is 0. The lowest BCUT2D eigenvalue weighted by molar-refractivity contribution is 0.496. The zero-order chi connectivity index (χ0) is 14.8. The SMILES string of the molecule is CC1=C(C)C[C@H](c2ccc(C)cc2)[C@@H](c2ccccc2)C1. The first-order valence-corrected chi connectivity index (χ1v) is 7.92. The number of allylic oxidation sites excluding steroid dienone is 2. The molecule has 1 aliphatic carbocycles. The predicted octanol–water partition coefficient (Wildman–Crippen LogP) is 5.99. The van der Waals surface area contributed by atoms with Crippen LogP contribution in [-0.2, 0) is 0 Å². The summed E-state index contributed by atoms with van der Waals surface area (Å²) in [5.74, 6) is 1.22. The molecule has 0 heterocycles. The van der Waals surface area contributed by atoms with Crippen LogP contribution in [0.25, 0.3) is 0 Å². The van der Waals surface area contributed by atoms with Crippen LogP contribution < -0.4 is 0 Å². The summed E-state index contributed by atoms with van der Waals surface area (Å²) >= 11 is 0. The van der Waals surface area contributed by atoms with Gasteiger partial charge in [-0.3, -0.25) is 0 Å². The largest absolute Gasteiger partial charge is 0.0737 e. The Morgan fingerprint density at radius 2 is 1.10 bits per heavy atom. The highest BCUT2D eigenvalue weighted by molar-refractivity contribution is 5.36. The van der Waals surface area contributed by atoms with E-state index in [2.05, 4.69) is 75.4 Å². The molecule has 21 heavy (non-hydrogen) atoms. The van der Waals surface area contributed by atoms with Crippen molar-refractivity contribution in [2.45, 2.75) is 45.4 Å². The van der Waals surface area contributed by atoms with Gasteiger partial charge >= 0.3 is 0 Å². The fraction of sp³-hybridized carbons (Fsp3) is 0.333. The summed E-state index contributed by atoms with van der Waals surface area (Å²) in [6.07, 6.45) is 2.38. The van der Waals surface area contributed by atoms with Crippen LogP contribution in [-0.4, -0.2) is 0 Å². The molecule has 0 amide bonds. The average molecular weight is 276 g/mol. The topological polar surface area (TPSA) is 0 Å². The maximum atomic E-state index is 2.32. The highest BCUT2D eigenvalue weighted by Gasteiger charge is 2.29. The minimum Gasteiger partial charge on any atom is -0.0737 e. The standard InChI is InChI=1S/C21H24/c1-15-9-11-19(12-10-15)21-14-17(3)16(2)13-20(21)18-7-5-4-6-8-18/h4-12,20-21H,13-14H2,1-3H3/t20-,21-/m1/s1. The highest BCUT2D eigenvalue weighted by atomic mass is 14.3. The molecule has 0 N–H and O–H groups in total. The molecule has 1 aliphatic rings. The Bertz CT molecular complexity index is 631. The second kappa shape index (κ2) is 5.89. The van der Waals surface area contributed by atoms with Gasteiger partial charge in [-0.15, -0.1) is 0 Å². The van der Waals surface area contributed by atoms with E-state index >= 15 is 0 Å². The lowest BCUT2D eigenvalue weighted by Gasteiger charge is -2.34. The summed E-state index contributed by atoms with van der Waals surface area (Å²) in [6.45, 7) is 6.77. The molecular weight excluding hydrogens is 252 g/mol. The maximum absolute atomic E-state index is 2.32. The van der Waals surface area contributed by atoms with Crippen molar-refractivity contribution in [1.82, 2.24) is 0 Å². The number of aryl methyl sites for hydroxylation is 1. The summed E-state index contributed by atoms with van der Waals surface area (Å²) in [6, 6.07) is 20.2. The summed E-state index contributed by atoms with van der Waals surface area (Å²) in [5.41, 5.74) is 7.46. The fourth-order valence-corrected chi connectivity index (χ4v) is 3.51. The quantitative estimate of drug-likeness (QED) is 0.591. The van der Waals surface area contributed by atoms with Gasteiger partial charge in [0, 0.05) is 0 Å². The Kier molecular flexibility index (Phi) is 3.96. The van der Waals surface area contributed by atoms with Crippen molar-refractivity contribution in [2.24, 2.45) is 0 Å². The Labute approximate surface area is 128 Å². The monoisotopic (exact) mass is 276 g/mol. The van der Waals surface area contributed by atoms with Gasteiger partial charge in [-0.2, -0.15) is 0 Å². The molecule has 0 saturated carbocycles. The van der Waals surface area contributed by atoms with Gasteiger partial charge < -0.3 is 0 Å². The molecule has 3 rings (SSSR count). The van der Waals surface area contributed by atoms with E-state index in [0.717, 1.165) is 0 Å². The van der Waals surface area contributed by atoms with Crippen molar-refractivity contribution in [3.8, 4) is 0 Å². The van der Waals surface area contributed by atoms with Gasteiger partial charge in [-0.1, -0.05) is 71.3 Å². The van der Waals surface area contributed by atoms with E-state index < -0.39 is 0 Å². The summed E-state index contributed by atoms with van der Waals surface area (Å²) in [7, 11) is 0. The van der Waals surface area contributed by atoms with Crippen LogP contribution in [0.3, 0.4) is 0 Å². The minimum atomic E-state index is 0.608. The van der Waals surface area contributed by atoms with Crippen molar-refractivity contribution in [3.05, 3.63) is 82.4 Å². The minimum absolute atomic E-state index is 0.608. The maximum Gasteiger partial charge on any atom is -0.00528 e. The molecule has 2 aromatic rings. The zero-order valence-corrected chi connectivity index (χ0v) is 13.3. The van der Waals surface area contributed by atoms with E-state index in [1.807, 2.05) is 0 Å². The van der Waals surface area contributed by atoms with E-state index in [4.69, 9.17) is 0 Å². The molecule has 0 nitrogen and oxygen atoms in total. The average Bonchev–Trinajstić information content (AvgIpc) is 2.51. The molecule has 108 valence electrons. The van der Waals surface area contributed by atoms with Crippen LogP contribution in [0.2, 0.25) is 0 Å². The van der Waals surface area contributed by atoms with Gasteiger partial charge in [-0.25, -0.2) is 0 Å². The smallest absolute Gasteiger partial charge is 0.00528 e. The van der Waals surface area contributed by atoms with E-state index in [-0.39, 0.29) is 0 Å². The van der Waals surface area contributed by atoms with Gasteiger partial charge in [0.15, 0.2) is 0 Å². The number of hydrogen-bond acceptors (Lipinski definition) is 0. The van der Waals surface area contributed by atoms with Crippen LogP contribution in [0.4, 0.5) is 0 Å². The zero-order valence-electron chi connectivity index (χ0n) is 13.3. The van der Waals surface area contributed by atoms with E-state index in [1.54, 1.807) is 11.1 Å². The van der Waals surface area contributed by atoms with Crippen LogP contribution >= 0.6 is 0 Å². The lowest BCUT2D eigenvalue weighted by Crippen LogP contribution is -2.17. The number of rotatable bonds is 2. The molecule has 0 heteroatoms. The Hall–Kier alpha value is -1.82. The van der Waals surface area contributed by atoms with Crippen molar-refractivity contribution in [1.29, 1.82) is 0 Å². The summed E-state index contributed by atoms with van der Waals surface area (Å²) < 4.78 is 0. The second-order valence-electron chi connectivity index (χ2n) is 6.50. The molecule has 0 radical (unpaired) electrons. The Morgan fingerprint density at radius 3 is 1.62 bits per heavy atom. The molecule has 0 aliphatic heterocycles. The van der Waals surface area contributed by atoms with Crippen molar-refractivity contribution in [3.63, 3.8) is 0 Å². The Morgan fingerprint density at radius 1 is 0.619 bits per heavy atom. The lowest BCUT2D eigenvalue weighted by atomic mass is 9.70. The molecule has 0 aromatic heterocycles. The van der Waals surface area contributed by atoms with Crippen LogP contribution in [0.1, 0.15) is 55.2 Å². The Balaban J connectivity index is 2.00. The summed E-state index contributed by atoms with van der Waals surface area (Å²) in [4.78, 5) is 0. The molecule has 0 bridgehead atoms. The van der Waals surface area contributed by atoms with Gasteiger partial charge in [-0.05, 0) is 56.6 Å². The van der Waals surface area contributed by atoms with Crippen molar-refractivity contribution in [2.75, 3.05) is 0 Å². The highest BCUT2D eigenvalue weighted by Crippen LogP contribution is 2.45. The van der Waals surface area contributed by atoms with Crippen LogP contribution in [0.15, 0.2) is 65.7 Å². The van der Waals surface area contributed by atoms with Crippen LogP contribution in [0, 0.1) is 6.92 Å². The van der Waals surface area contributed by atoms with Crippen molar-refractivity contribution < 1.29 is 0 Å². The molecule has 2 aromatic carbocycles. The number of hydrogen-bond donors (Lipinski definition) is 0. The van der Waals surface area contributed by atoms with Gasteiger partial charge in [0.1, 0.15) is 0 Å². The third kappa shape index (κ3) is 2.95. The van der Waals surface area contributed by atoms with Gasteiger partial charge in [0.05, 0.1) is 0 Å². The molecule has 2 atom stereocenters. The second-order valence-corrected chi connectivity index (χ2v) is 6.50. The third-order valence-electron chi connectivity index (χ3n) is 5.00. The predicted molar refractivity (Wildman–Crippen MR) is 90.7 cm³/mol. The first-order chi connectivity index (χ1) is 10.1. The van der Waals surface area contributed by atoms with Crippen LogP contribution in [0.5, 0.6) is 0 Å². The first-order valence-electron chi connectivity index (χ1n) is 7.92. The molecule has 0 unspecified atom stereocenters. The first kappa shape index (κ1) is 14.1. The van der Waals surface area contributed by atoms with E-state index in [9.17, 15) is 0 Å². The van der Waals surface area contributed by atoms with Crippen molar-refractivity contribution >= 4 is 0 Å². The molecule has 0 fully saturated rings. The third-order valence-corrected chi connectivity index (χ3v) is 5.00. The molecular formula is C21H24. The number of benzene rings is 2. The normalized spacial score (nSPS) is 22.4. The van der Waals surface area contributed by atoms with E-state index in [1.165, 1.54) is 29.5 Å². The van der Waals surface area contributed by atoms with E-state index in [0.29, 0.717) is 11.8 Å². The molecule has 0 spiro atoms.